The van der Waals surface area contributed by atoms with Gasteiger partial charge >= 0.3 is 0 Å². The molecule has 0 saturated carbocycles. The first-order valence-electron chi connectivity index (χ1n) is 9.39. The van der Waals surface area contributed by atoms with Crippen molar-refractivity contribution in [3.8, 4) is 0 Å². The van der Waals surface area contributed by atoms with E-state index in [-0.39, 0.29) is 6.10 Å². The summed E-state index contributed by atoms with van der Waals surface area (Å²) in [5.41, 5.74) is 1.16. The van der Waals surface area contributed by atoms with Gasteiger partial charge in [-0.25, -0.2) is 0 Å². The normalized spacial score (nSPS) is 17.3. The van der Waals surface area contributed by atoms with Crippen molar-refractivity contribution in [1.82, 2.24) is 10.2 Å². The van der Waals surface area contributed by atoms with Crippen LogP contribution in [0.1, 0.15) is 37.9 Å². The van der Waals surface area contributed by atoms with Gasteiger partial charge < -0.3 is 19.7 Å². The van der Waals surface area contributed by atoms with E-state index in [4.69, 9.17) is 14.5 Å². The second-order valence-corrected chi connectivity index (χ2v) is 6.60. The lowest BCUT2D eigenvalue weighted by atomic mass is 9.96. The molecule has 5 heteroatoms. The molecule has 1 unspecified atom stereocenters. The maximum Gasteiger partial charge on any atom is 0.193 e. The van der Waals surface area contributed by atoms with E-state index in [1.807, 2.05) is 18.2 Å². The van der Waals surface area contributed by atoms with E-state index in [1.54, 1.807) is 7.11 Å². The molecule has 5 nitrogen and oxygen atoms in total. The fourth-order valence-electron chi connectivity index (χ4n) is 3.14. The van der Waals surface area contributed by atoms with E-state index in [1.165, 1.54) is 19.3 Å². The van der Waals surface area contributed by atoms with E-state index in [9.17, 15) is 0 Å². The van der Waals surface area contributed by atoms with Gasteiger partial charge in [0, 0.05) is 40.5 Å². The minimum Gasteiger partial charge on any atom is -0.381 e. The Morgan fingerprint density at radius 2 is 2.04 bits per heavy atom. The Labute approximate surface area is 152 Å². The monoisotopic (exact) mass is 347 g/mol. The minimum atomic E-state index is -0.0150. The third kappa shape index (κ3) is 6.67. The Morgan fingerprint density at radius 1 is 1.32 bits per heavy atom. The Bertz CT molecular complexity index is 501. The molecule has 1 aromatic rings. The summed E-state index contributed by atoms with van der Waals surface area (Å²) in [6.07, 6.45) is 3.54. The van der Waals surface area contributed by atoms with Crippen LogP contribution in [0.25, 0.3) is 0 Å². The van der Waals surface area contributed by atoms with Crippen LogP contribution in [-0.2, 0) is 9.47 Å². The van der Waals surface area contributed by atoms with Crippen LogP contribution in [0.3, 0.4) is 0 Å². The van der Waals surface area contributed by atoms with Gasteiger partial charge in [0.2, 0.25) is 0 Å². The summed E-state index contributed by atoms with van der Waals surface area (Å²) < 4.78 is 11.1. The molecular weight excluding hydrogens is 314 g/mol. The zero-order chi connectivity index (χ0) is 17.9. The maximum atomic E-state index is 5.63. The van der Waals surface area contributed by atoms with Crippen LogP contribution < -0.4 is 5.32 Å². The number of methoxy groups -OCH3 is 1. The van der Waals surface area contributed by atoms with Gasteiger partial charge in [-0.1, -0.05) is 30.3 Å². The van der Waals surface area contributed by atoms with Crippen LogP contribution >= 0.6 is 0 Å². The lowest BCUT2D eigenvalue weighted by molar-refractivity contribution is 0.0625. The van der Waals surface area contributed by atoms with Crippen molar-refractivity contribution in [2.45, 2.75) is 32.3 Å². The molecule has 1 saturated heterocycles. The van der Waals surface area contributed by atoms with E-state index in [0.717, 1.165) is 43.7 Å². The lowest BCUT2D eigenvalue weighted by Crippen LogP contribution is -2.40. The van der Waals surface area contributed by atoms with Gasteiger partial charge in [-0.05, 0) is 37.7 Å². The van der Waals surface area contributed by atoms with Crippen LogP contribution in [0.2, 0.25) is 0 Å². The number of rotatable bonds is 8. The van der Waals surface area contributed by atoms with Gasteiger partial charge in [0.25, 0.3) is 0 Å². The van der Waals surface area contributed by atoms with Crippen LogP contribution in [0.15, 0.2) is 35.3 Å². The molecule has 0 amide bonds. The van der Waals surface area contributed by atoms with Crippen molar-refractivity contribution in [1.29, 1.82) is 0 Å². The van der Waals surface area contributed by atoms with E-state index < -0.39 is 0 Å². The Morgan fingerprint density at radius 3 is 2.68 bits per heavy atom. The molecule has 1 atom stereocenters. The van der Waals surface area contributed by atoms with Gasteiger partial charge in [-0.3, -0.25) is 4.99 Å². The molecule has 0 spiro atoms. The predicted octanol–water partition coefficient (Wildman–Crippen LogP) is 3.09. The minimum absolute atomic E-state index is 0.0150. The second kappa shape index (κ2) is 11.1. The molecule has 25 heavy (non-hydrogen) atoms. The third-order valence-electron chi connectivity index (χ3n) is 4.77. The first kappa shape index (κ1) is 19.7. The van der Waals surface area contributed by atoms with Crippen molar-refractivity contribution in [2.75, 3.05) is 47.0 Å². The molecule has 140 valence electrons. The summed E-state index contributed by atoms with van der Waals surface area (Å²) in [4.78, 5) is 7.04. The number of hydrogen-bond donors (Lipinski definition) is 1. The van der Waals surface area contributed by atoms with Crippen LogP contribution in [0.4, 0.5) is 0 Å². The Balaban J connectivity index is 1.91. The summed E-state index contributed by atoms with van der Waals surface area (Å²) in [6, 6.07) is 10.3. The van der Waals surface area contributed by atoms with Gasteiger partial charge in [-0.2, -0.15) is 0 Å². The summed E-state index contributed by atoms with van der Waals surface area (Å²) in [5, 5.41) is 3.40. The molecule has 1 heterocycles. The highest BCUT2D eigenvalue weighted by Crippen LogP contribution is 2.19. The van der Waals surface area contributed by atoms with E-state index in [0.29, 0.717) is 6.54 Å². The Hall–Kier alpha value is -1.59. The topological polar surface area (TPSA) is 46.1 Å². The number of nitrogens with zero attached hydrogens (tertiary/aromatic N) is 2. The number of benzene rings is 1. The van der Waals surface area contributed by atoms with Crippen LogP contribution in [0.5, 0.6) is 0 Å². The molecule has 0 aliphatic carbocycles. The zero-order valence-corrected chi connectivity index (χ0v) is 15.9. The first-order valence-corrected chi connectivity index (χ1v) is 9.39. The number of aliphatic imine (C=N–C) groups is 1. The molecule has 1 aliphatic rings. The van der Waals surface area contributed by atoms with E-state index in [2.05, 4.69) is 36.3 Å². The van der Waals surface area contributed by atoms with Crippen molar-refractivity contribution in [2.24, 2.45) is 10.9 Å². The smallest absolute Gasteiger partial charge is 0.193 e. The van der Waals surface area contributed by atoms with Gasteiger partial charge in [0.1, 0.15) is 6.10 Å². The molecule has 0 radical (unpaired) electrons. The summed E-state index contributed by atoms with van der Waals surface area (Å²) in [5.74, 6) is 1.72. The third-order valence-corrected chi connectivity index (χ3v) is 4.77. The second-order valence-electron chi connectivity index (χ2n) is 6.60. The average molecular weight is 348 g/mol. The number of hydrogen-bond acceptors (Lipinski definition) is 3. The van der Waals surface area contributed by atoms with Crippen LogP contribution in [0, 0.1) is 5.92 Å². The van der Waals surface area contributed by atoms with Gasteiger partial charge in [0.05, 0.1) is 6.54 Å². The summed E-state index contributed by atoms with van der Waals surface area (Å²) in [6.45, 7) is 6.42. The largest absolute Gasteiger partial charge is 0.381 e. The Kier molecular flexibility index (Phi) is 8.77. The molecule has 2 rings (SSSR count). The fraction of sp³-hybridized carbons (Fsp3) is 0.650. The highest BCUT2D eigenvalue weighted by Gasteiger charge is 2.16. The number of guanidine groups is 1. The average Bonchev–Trinajstić information content (AvgIpc) is 2.67. The van der Waals surface area contributed by atoms with Crippen molar-refractivity contribution < 1.29 is 9.47 Å². The van der Waals surface area contributed by atoms with E-state index >= 15 is 0 Å². The molecule has 1 fully saturated rings. The number of ether oxygens (including phenoxy) is 2. The molecule has 1 N–H and O–H groups in total. The molecule has 0 bridgehead atoms. The predicted molar refractivity (Wildman–Crippen MR) is 103 cm³/mol. The first-order chi connectivity index (χ1) is 12.2. The summed E-state index contributed by atoms with van der Waals surface area (Å²) in [7, 11) is 3.86. The highest BCUT2D eigenvalue weighted by atomic mass is 16.5. The lowest BCUT2D eigenvalue weighted by Gasteiger charge is -2.27. The molecular formula is C20H33N3O2. The molecule has 1 aromatic carbocycles. The summed E-state index contributed by atoms with van der Waals surface area (Å²) >= 11 is 0. The maximum absolute atomic E-state index is 5.63. The van der Waals surface area contributed by atoms with Crippen molar-refractivity contribution >= 4 is 5.96 Å². The van der Waals surface area contributed by atoms with Crippen molar-refractivity contribution in [3.05, 3.63) is 35.9 Å². The SMILES string of the molecule is CCNC(=NCC(OC)c1ccccc1)N(C)CCC1CCOCC1. The fourth-order valence-corrected chi connectivity index (χ4v) is 3.14. The molecule has 0 aromatic heterocycles. The van der Waals surface area contributed by atoms with Gasteiger partial charge in [-0.15, -0.1) is 0 Å². The standard InChI is InChI=1S/C20H33N3O2/c1-4-21-20(23(2)13-10-17-11-14-25-15-12-17)22-16-19(24-3)18-8-6-5-7-9-18/h5-9,17,19H,4,10-16H2,1-3H3,(H,21,22). The van der Waals surface area contributed by atoms with Crippen molar-refractivity contribution in [3.63, 3.8) is 0 Å². The highest BCUT2D eigenvalue weighted by molar-refractivity contribution is 5.79. The number of nitrogens with one attached hydrogen (secondary N) is 1. The molecule has 1 aliphatic heterocycles. The zero-order valence-electron chi connectivity index (χ0n) is 15.9. The van der Waals surface area contributed by atoms with Gasteiger partial charge in [0.15, 0.2) is 5.96 Å². The quantitative estimate of drug-likeness (QED) is 0.580. The van der Waals surface area contributed by atoms with Crippen LogP contribution in [-0.4, -0.2) is 57.9 Å².